The standard InChI is InChI=1S/C22H25ClN4OS/c1-3-7-16(2)24-20(28)15-29-22-26-25-21(18-10-12-19(23)13-11-18)27(22)14-17-8-5-4-6-9-17/h4-6,8-13,16H,3,7,14-15H2,1-2H3,(H,24,28). The lowest BCUT2D eigenvalue weighted by molar-refractivity contribution is -0.119. The van der Waals surface area contributed by atoms with E-state index >= 15 is 0 Å². The highest BCUT2D eigenvalue weighted by Gasteiger charge is 2.16. The van der Waals surface area contributed by atoms with Crippen molar-refractivity contribution in [1.82, 2.24) is 20.1 Å². The number of halogens is 1. The molecule has 1 atom stereocenters. The molecule has 7 heteroatoms. The van der Waals surface area contributed by atoms with Crippen LogP contribution in [0.3, 0.4) is 0 Å². The first-order chi connectivity index (χ1) is 14.1. The molecule has 1 amide bonds. The fraction of sp³-hybridized carbons (Fsp3) is 0.318. The minimum atomic E-state index is 0.0123. The van der Waals surface area contributed by atoms with Gasteiger partial charge in [-0.2, -0.15) is 0 Å². The van der Waals surface area contributed by atoms with Gasteiger partial charge in [0.05, 0.1) is 12.3 Å². The maximum Gasteiger partial charge on any atom is 0.230 e. The van der Waals surface area contributed by atoms with Crippen molar-refractivity contribution >= 4 is 29.3 Å². The minimum Gasteiger partial charge on any atom is -0.353 e. The number of hydrogen-bond donors (Lipinski definition) is 1. The molecule has 3 rings (SSSR count). The lowest BCUT2D eigenvalue weighted by Crippen LogP contribution is -2.33. The van der Waals surface area contributed by atoms with Gasteiger partial charge in [0.1, 0.15) is 0 Å². The molecule has 0 aliphatic heterocycles. The fourth-order valence-corrected chi connectivity index (χ4v) is 3.94. The van der Waals surface area contributed by atoms with Gasteiger partial charge in [-0.3, -0.25) is 9.36 Å². The van der Waals surface area contributed by atoms with E-state index in [1.165, 1.54) is 11.8 Å². The fourth-order valence-electron chi connectivity index (χ4n) is 3.07. The lowest BCUT2D eigenvalue weighted by atomic mass is 10.2. The van der Waals surface area contributed by atoms with Crippen molar-refractivity contribution in [2.45, 2.75) is 44.4 Å². The maximum absolute atomic E-state index is 12.3. The predicted molar refractivity (Wildman–Crippen MR) is 119 cm³/mol. The third-order valence-electron chi connectivity index (χ3n) is 4.46. The van der Waals surface area contributed by atoms with E-state index in [1.807, 2.05) is 54.0 Å². The van der Waals surface area contributed by atoms with Crippen LogP contribution in [0, 0.1) is 0 Å². The number of carbonyl (C=O) groups is 1. The zero-order chi connectivity index (χ0) is 20.6. The zero-order valence-corrected chi connectivity index (χ0v) is 18.2. The van der Waals surface area contributed by atoms with Crippen molar-refractivity contribution in [3.05, 3.63) is 65.2 Å². The Labute approximate surface area is 180 Å². The van der Waals surface area contributed by atoms with Gasteiger partial charge >= 0.3 is 0 Å². The van der Waals surface area contributed by atoms with E-state index in [2.05, 4.69) is 34.6 Å². The smallest absolute Gasteiger partial charge is 0.230 e. The van der Waals surface area contributed by atoms with Crippen LogP contribution >= 0.6 is 23.4 Å². The number of carbonyl (C=O) groups excluding carboxylic acids is 1. The van der Waals surface area contributed by atoms with E-state index in [-0.39, 0.29) is 11.9 Å². The predicted octanol–water partition coefficient (Wildman–Crippen LogP) is 5.04. The van der Waals surface area contributed by atoms with Gasteiger partial charge in [0.25, 0.3) is 0 Å². The van der Waals surface area contributed by atoms with Crippen LogP contribution in [0.2, 0.25) is 5.02 Å². The van der Waals surface area contributed by atoms with Crippen LogP contribution in [-0.2, 0) is 11.3 Å². The number of aromatic nitrogens is 3. The summed E-state index contributed by atoms with van der Waals surface area (Å²) in [6.07, 6.45) is 2.02. The van der Waals surface area contributed by atoms with Crippen LogP contribution in [0.5, 0.6) is 0 Å². The first kappa shape index (κ1) is 21.4. The Hall–Kier alpha value is -2.31. The van der Waals surface area contributed by atoms with E-state index in [1.54, 1.807) is 0 Å². The molecule has 0 saturated heterocycles. The molecular weight excluding hydrogens is 404 g/mol. The number of nitrogens with one attached hydrogen (secondary N) is 1. The molecule has 0 radical (unpaired) electrons. The number of rotatable bonds is 9. The Morgan fingerprint density at radius 3 is 2.55 bits per heavy atom. The van der Waals surface area contributed by atoms with Gasteiger partial charge in [0.2, 0.25) is 5.91 Å². The Bertz CT molecular complexity index is 928. The molecule has 1 unspecified atom stereocenters. The monoisotopic (exact) mass is 428 g/mol. The van der Waals surface area contributed by atoms with E-state index in [0.717, 1.165) is 34.9 Å². The summed E-state index contributed by atoms with van der Waals surface area (Å²) in [7, 11) is 0. The summed E-state index contributed by atoms with van der Waals surface area (Å²) >= 11 is 7.44. The molecule has 5 nitrogen and oxygen atoms in total. The molecular formula is C22H25ClN4OS. The molecule has 152 valence electrons. The largest absolute Gasteiger partial charge is 0.353 e. The van der Waals surface area contributed by atoms with Crippen molar-refractivity contribution in [3.8, 4) is 11.4 Å². The molecule has 3 aromatic rings. The summed E-state index contributed by atoms with van der Waals surface area (Å²) in [6.45, 7) is 4.77. The summed E-state index contributed by atoms with van der Waals surface area (Å²) < 4.78 is 2.05. The van der Waals surface area contributed by atoms with Gasteiger partial charge in [-0.1, -0.05) is 67.0 Å². The molecule has 0 spiro atoms. The molecule has 0 bridgehead atoms. The number of nitrogens with zero attached hydrogens (tertiary/aromatic N) is 3. The SMILES string of the molecule is CCCC(C)NC(=O)CSc1nnc(-c2ccc(Cl)cc2)n1Cc1ccccc1. The van der Waals surface area contributed by atoms with Crippen LogP contribution in [0.1, 0.15) is 32.3 Å². The normalized spacial score (nSPS) is 12.0. The van der Waals surface area contributed by atoms with E-state index < -0.39 is 0 Å². The summed E-state index contributed by atoms with van der Waals surface area (Å²) in [5.74, 6) is 1.08. The highest BCUT2D eigenvalue weighted by atomic mass is 35.5. The van der Waals surface area contributed by atoms with Crippen molar-refractivity contribution in [2.75, 3.05) is 5.75 Å². The minimum absolute atomic E-state index is 0.0123. The molecule has 1 heterocycles. The van der Waals surface area contributed by atoms with Crippen LogP contribution in [-0.4, -0.2) is 32.5 Å². The quantitative estimate of drug-likeness (QED) is 0.485. The number of hydrogen-bond acceptors (Lipinski definition) is 4. The van der Waals surface area contributed by atoms with E-state index in [4.69, 9.17) is 11.6 Å². The molecule has 0 aliphatic carbocycles. The molecule has 0 fully saturated rings. The highest BCUT2D eigenvalue weighted by molar-refractivity contribution is 7.99. The van der Waals surface area contributed by atoms with Gasteiger partial charge < -0.3 is 5.32 Å². The van der Waals surface area contributed by atoms with Gasteiger partial charge in [-0.05, 0) is 43.2 Å². The summed E-state index contributed by atoms with van der Waals surface area (Å²) in [5, 5.41) is 13.2. The molecule has 29 heavy (non-hydrogen) atoms. The van der Waals surface area contributed by atoms with Gasteiger partial charge in [0, 0.05) is 16.6 Å². The van der Waals surface area contributed by atoms with Crippen LogP contribution in [0.4, 0.5) is 0 Å². The summed E-state index contributed by atoms with van der Waals surface area (Å²) in [6, 6.07) is 17.9. The molecule has 1 N–H and O–H groups in total. The lowest BCUT2D eigenvalue weighted by Gasteiger charge is -2.13. The van der Waals surface area contributed by atoms with Gasteiger partial charge in [-0.15, -0.1) is 10.2 Å². The number of thioether (sulfide) groups is 1. The second kappa shape index (κ2) is 10.5. The zero-order valence-electron chi connectivity index (χ0n) is 16.6. The summed E-state index contributed by atoms with van der Waals surface area (Å²) in [4.78, 5) is 12.3. The van der Waals surface area contributed by atoms with Crippen molar-refractivity contribution < 1.29 is 4.79 Å². The van der Waals surface area contributed by atoms with Crippen LogP contribution in [0.25, 0.3) is 11.4 Å². The summed E-state index contributed by atoms with van der Waals surface area (Å²) in [5.41, 5.74) is 2.08. The molecule has 0 aliphatic rings. The highest BCUT2D eigenvalue weighted by Crippen LogP contribution is 2.26. The van der Waals surface area contributed by atoms with Crippen molar-refractivity contribution in [3.63, 3.8) is 0 Å². The second-order valence-electron chi connectivity index (χ2n) is 6.93. The average molecular weight is 429 g/mol. The first-order valence-corrected chi connectivity index (χ1v) is 11.1. The van der Waals surface area contributed by atoms with E-state index in [9.17, 15) is 4.79 Å². The maximum atomic E-state index is 12.3. The van der Waals surface area contributed by atoms with Gasteiger partial charge in [0.15, 0.2) is 11.0 Å². The van der Waals surface area contributed by atoms with E-state index in [0.29, 0.717) is 17.3 Å². The molecule has 2 aromatic carbocycles. The van der Waals surface area contributed by atoms with Crippen molar-refractivity contribution in [1.29, 1.82) is 0 Å². The molecule has 1 aromatic heterocycles. The average Bonchev–Trinajstić information content (AvgIpc) is 3.10. The Kier molecular flexibility index (Phi) is 7.72. The topological polar surface area (TPSA) is 59.8 Å². The van der Waals surface area contributed by atoms with Crippen LogP contribution < -0.4 is 5.32 Å². The second-order valence-corrected chi connectivity index (χ2v) is 8.31. The molecule has 0 saturated carbocycles. The Morgan fingerprint density at radius 1 is 1.14 bits per heavy atom. The third-order valence-corrected chi connectivity index (χ3v) is 5.68. The Morgan fingerprint density at radius 2 is 1.86 bits per heavy atom. The first-order valence-electron chi connectivity index (χ1n) is 9.72. The third kappa shape index (κ3) is 6.08. The Balaban J connectivity index is 1.81. The van der Waals surface area contributed by atoms with Crippen molar-refractivity contribution in [2.24, 2.45) is 0 Å². The number of benzene rings is 2. The van der Waals surface area contributed by atoms with Crippen LogP contribution in [0.15, 0.2) is 59.8 Å². The van der Waals surface area contributed by atoms with Gasteiger partial charge in [-0.25, -0.2) is 0 Å². The number of amides is 1.